The van der Waals surface area contributed by atoms with Crippen LogP contribution in [0.5, 0.6) is 11.5 Å². The summed E-state index contributed by atoms with van der Waals surface area (Å²) >= 11 is 3.42. The van der Waals surface area contributed by atoms with Crippen LogP contribution in [0.15, 0.2) is 101 Å². The van der Waals surface area contributed by atoms with E-state index in [0.29, 0.717) is 33.7 Å². The summed E-state index contributed by atoms with van der Waals surface area (Å²) in [6.07, 6.45) is 1.38. The lowest BCUT2D eigenvalue weighted by Gasteiger charge is -2.26. The van der Waals surface area contributed by atoms with Crippen molar-refractivity contribution in [2.45, 2.75) is 20.1 Å². The van der Waals surface area contributed by atoms with Crippen LogP contribution in [-0.2, 0) is 22.8 Å². The summed E-state index contributed by atoms with van der Waals surface area (Å²) in [6, 6.07) is 24.6. The average molecular weight is 642 g/mol. The number of barbiturate groups is 1. The number of ether oxygens (including phenoxy) is 2. The van der Waals surface area contributed by atoms with Crippen molar-refractivity contribution in [3.05, 3.63) is 133 Å². The molecule has 4 aromatic carbocycles. The normalized spacial score (nSPS) is 14.0. The summed E-state index contributed by atoms with van der Waals surface area (Å²) in [5.74, 6) is -0.580. The van der Waals surface area contributed by atoms with Gasteiger partial charge in [-0.3, -0.25) is 25.0 Å². The number of hydrogen-bond donors (Lipinski definition) is 1. The van der Waals surface area contributed by atoms with Gasteiger partial charge in [0, 0.05) is 12.1 Å². The Morgan fingerprint density at radius 3 is 2.30 bits per heavy atom. The van der Waals surface area contributed by atoms with Gasteiger partial charge in [0.25, 0.3) is 17.5 Å². The van der Waals surface area contributed by atoms with Gasteiger partial charge in [-0.25, -0.2) is 9.69 Å². The summed E-state index contributed by atoms with van der Waals surface area (Å²) in [5.41, 5.74) is 3.29. The van der Waals surface area contributed by atoms with E-state index in [0.717, 1.165) is 16.0 Å². The van der Waals surface area contributed by atoms with Gasteiger partial charge in [0.1, 0.15) is 30.3 Å². The Morgan fingerprint density at radius 2 is 1.60 bits per heavy atom. The largest absolute Gasteiger partial charge is 0.489 e. The number of amides is 4. The number of hydrogen-bond acceptors (Lipinski definition) is 7. The molecule has 1 aliphatic heterocycles. The molecular weight excluding hydrogens is 618 g/mol. The molecule has 0 saturated carbocycles. The second-order valence-electron chi connectivity index (χ2n) is 9.63. The molecule has 0 spiro atoms. The second-order valence-corrected chi connectivity index (χ2v) is 10.5. The van der Waals surface area contributed by atoms with E-state index in [9.17, 15) is 24.5 Å². The van der Waals surface area contributed by atoms with E-state index in [-0.39, 0.29) is 23.6 Å². The van der Waals surface area contributed by atoms with Gasteiger partial charge in [0.2, 0.25) is 0 Å². The fraction of sp³-hybridized carbons (Fsp3) is 0.0938. The second kappa shape index (κ2) is 12.7. The Morgan fingerprint density at radius 1 is 0.884 bits per heavy atom. The average Bonchev–Trinajstić information content (AvgIpc) is 2.99. The van der Waals surface area contributed by atoms with Gasteiger partial charge in [-0.15, -0.1) is 0 Å². The van der Waals surface area contributed by atoms with Crippen LogP contribution in [0.1, 0.15) is 22.3 Å². The molecule has 10 nitrogen and oxygen atoms in total. The third kappa shape index (κ3) is 6.96. The van der Waals surface area contributed by atoms with Crippen molar-refractivity contribution in [2.24, 2.45) is 0 Å². The van der Waals surface area contributed by atoms with Gasteiger partial charge < -0.3 is 9.47 Å². The number of benzene rings is 4. The predicted molar refractivity (Wildman–Crippen MR) is 163 cm³/mol. The molecule has 0 bridgehead atoms. The standard InChI is InChI=1S/C32H24BrN3O7/c1-20-5-7-21(8-6-20)18-42-26-12-10-24(11-13-26)35-31(38)27(30(37)34-32(35)39)16-22-9-14-29(28(33)17-22)43-19-23-3-2-4-25(15-23)36(40)41/h2-17H,18-19H2,1H3,(H,34,37,39)/b27-16+. The lowest BCUT2D eigenvalue weighted by molar-refractivity contribution is -0.384. The lowest BCUT2D eigenvalue weighted by Crippen LogP contribution is -2.54. The molecule has 1 saturated heterocycles. The number of anilines is 1. The van der Waals surface area contributed by atoms with Crippen molar-refractivity contribution in [3.8, 4) is 11.5 Å². The van der Waals surface area contributed by atoms with E-state index in [4.69, 9.17) is 9.47 Å². The Balaban J connectivity index is 1.28. The molecule has 4 amide bonds. The van der Waals surface area contributed by atoms with Crippen molar-refractivity contribution in [2.75, 3.05) is 4.90 Å². The molecular formula is C32H24BrN3O7. The van der Waals surface area contributed by atoms with Crippen LogP contribution in [-0.4, -0.2) is 22.8 Å². The summed E-state index contributed by atoms with van der Waals surface area (Å²) in [5, 5.41) is 13.2. The SMILES string of the molecule is Cc1ccc(COc2ccc(N3C(=O)NC(=O)/C(=C\c4ccc(OCc5cccc([N+](=O)[O-])c5)c(Br)c4)C3=O)cc2)cc1. The molecule has 4 aromatic rings. The molecule has 1 fully saturated rings. The molecule has 216 valence electrons. The lowest BCUT2D eigenvalue weighted by atomic mass is 10.1. The first kappa shape index (κ1) is 29.2. The quantitative estimate of drug-likeness (QED) is 0.0957. The highest BCUT2D eigenvalue weighted by Crippen LogP contribution is 2.30. The van der Waals surface area contributed by atoms with Gasteiger partial charge >= 0.3 is 6.03 Å². The summed E-state index contributed by atoms with van der Waals surface area (Å²) < 4.78 is 12.1. The highest BCUT2D eigenvalue weighted by atomic mass is 79.9. The first-order valence-electron chi connectivity index (χ1n) is 13.0. The molecule has 0 aromatic heterocycles. The first-order chi connectivity index (χ1) is 20.7. The Kier molecular flexibility index (Phi) is 8.63. The van der Waals surface area contributed by atoms with Crippen LogP contribution in [0.25, 0.3) is 6.08 Å². The molecule has 1 aliphatic rings. The Labute approximate surface area is 254 Å². The Hall–Kier alpha value is -5.29. The predicted octanol–water partition coefficient (Wildman–Crippen LogP) is 6.49. The molecule has 11 heteroatoms. The monoisotopic (exact) mass is 641 g/mol. The van der Waals surface area contributed by atoms with Crippen LogP contribution in [0.3, 0.4) is 0 Å². The molecule has 1 heterocycles. The number of nitro benzene ring substituents is 1. The zero-order valence-electron chi connectivity index (χ0n) is 22.8. The number of nitrogens with one attached hydrogen (secondary N) is 1. The van der Waals surface area contributed by atoms with Gasteiger partial charge in [-0.05, 0) is 82.0 Å². The van der Waals surface area contributed by atoms with Gasteiger partial charge in [0.05, 0.1) is 15.1 Å². The molecule has 0 aliphatic carbocycles. The number of halogens is 1. The van der Waals surface area contributed by atoms with Crippen molar-refractivity contribution < 1.29 is 28.8 Å². The van der Waals surface area contributed by atoms with E-state index >= 15 is 0 Å². The van der Waals surface area contributed by atoms with E-state index in [1.54, 1.807) is 54.6 Å². The minimum Gasteiger partial charge on any atom is -0.489 e. The fourth-order valence-electron chi connectivity index (χ4n) is 4.25. The maximum Gasteiger partial charge on any atom is 0.335 e. The molecule has 0 atom stereocenters. The van der Waals surface area contributed by atoms with Crippen LogP contribution in [0, 0.1) is 17.0 Å². The van der Waals surface area contributed by atoms with Crippen LogP contribution in [0.2, 0.25) is 0 Å². The number of nitrogens with zero attached hydrogens (tertiary/aromatic N) is 2. The van der Waals surface area contributed by atoms with Crippen LogP contribution in [0.4, 0.5) is 16.2 Å². The highest BCUT2D eigenvalue weighted by Gasteiger charge is 2.36. The van der Waals surface area contributed by atoms with Crippen molar-refractivity contribution in [1.29, 1.82) is 0 Å². The van der Waals surface area contributed by atoms with E-state index in [1.807, 2.05) is 31.2 Å². The summed E-state index contributed by atoms with van der Waals surface area (Å²) in [6.45, 7) is 2.46. The third-order valence-electron chi connectivity index (χ3n) is 6.51. The third-order valence-corrected chi connectivity index (χ3v) is 7.13. The summed E-state index contributed by atoms with van der Waals surface area (Å²) in [7, 11) is 0. The topological polar surface area (TPSA) is 128 Å². The highest BCUT2D eigenvalue weighted by molar-refractivity contribution is 9.10. The molecule has 0 radical (unpaired) electrons. The first-order valence-corrected chi connectivity index (χ1v) is 13.8. The van der Waals surface area contributed by atoms with Gasteiger partial charge in [-0.2, -0.15) is 0 Å². The molecule has 43 heavy (non-hydrogen) atoms. The Bertz CT molecular complexity index is 1750. The van der Waals surface area contributed by atoms with E-state index in [2.05, 4.69) is 21.2 Å². The van der Waals surface area contributed by atoms with Crippen molar-refractivity contribution >= 4 is 51.2 Å². The van der Waals surface area contributed by atoms with E-state index < -0.39 is 22.8 Å². The maximum absolute atomic E-state index is 13.3. The van der Waals surface area contributed by atoms with Gasteiger partial charge in [-0.1, -0.05) is 48.0 Å². The number of nitro groups is 1. The van der Waals surface area contributed by atoms with Crippen molar-refractivity contribution in [1.82, 2.24) is 5.32 Å². The number of carbonyl (C=O) groups is 3. The number of imide groups is 2. The zero-order chi connectivity index (χ0) is 30.5. The maximum atomic E-state index is 13.3. The van der Waals surface area contributed by atoms with Gasteiger partial charge in [0.15, 0.2) is 0 Å². The van der Waals surface area contributed by atoms with E-state index in [1.165, 1.54) is 18.2 Å². The number of non-ortho nitro benzene ring substituents is 1. The minimum absolute atomic E-state index is 0.0347. The molecule has 1 N–H and O–H groups in total. The van der Waals surface area contributed by atoms with Crippen molar-refractivity contribution in [3.63, 3.8) is 0 Å². The molecule has 0 unspecified atom stereocenters. The number of aryl methyl sites for hydroxylation is 1. The van der Waals surface area contributed by atoms with Crippen LogP contribution < -0.4 is 19.7 Å². The number of carbonyl (C=O) groups excluding carboxylic acids is 3. The zero-order valence-corrected chi connectivity index (χ0v) is 24.4. The molecule has 5 rings (SSSR count). The number of urea groups is 1. The minimum atomic E-state index is -0.855. The smallest absolute Gasteiger partial charge is 0.335 e. The number of rotatable bonds is 9. The summed E-state index contributed by atoms with van der Waals surface area (Å²) in [4.78, 5) is 50.0. The van der Waals surface area contributed by atoms with Crippen LogP contribution >= 0.6 is 15.9 Å². The fourth-order valence-corrected chi connectivity index (χ4v) is 4.76.